The third-order valence-corrected chi connectivity index (χ3v) is 8.80. The Hall–Kier alpha value is -4.17. The van der Waals surface area contributed by atoms with E-state index in [2.05, 4.69) is 49.9 Å². The summed E-state index contributed by atoms with van der Waals surface area (Å²) in [6.45, 7) is 7.71. The standard InChI is InChI=1S/C16H23N3O3Si.C12H13N5O2/c1-23(2,3)7-6-22-10-19-9-12(16(20)21)14-15(19)17-8-13(18-14)11-4-5-11;13-9(18)5-16-12(19)7-3-14-11-10(7)17-8(4-15-11)6-1-2-6/h8-9,11H,4-7,10H2,1-3H3,(H,20,21);3-4,6H,1-2,5H2,(H2,13,18)(H,14,15)(H,16,19). The SMILES string of the molecule is C[Si](C)(C)CCOCn1cc(C(=O)O)c2nc(C3CC3)cnc21.NC(=O)CNC(=O)c1c[nH]c2ncc(C3CC3)nc12. The molecule has 0 atom stereocenters. The van der Waals surface area contributed by atoms with Crippen LogP contribution in [0.5, 0.6) is 0 Å². The molecule has 14 heteroatoms. The number of hydrogen-bond acceptors (Lipinski definition) is 8. The van der Waals surface area contributed by atoms with Crippen LogP contribution >= 0.6 is 0 Å². The van der Waals surface area contributed by atoms with Crippen LogP contribution in [0.3, 0.4) is 0 Å². The van der Waals surface area contributed by atoms with Crippen molar-refractivity contribution < 1.29 is 24.2 Å². The minimum atomic E-state index is -1.13. The molecule has 2 saturated carbocycles. The number of carboxylic acids is 1. The number of carbonyl (C=O) groups excluding carboxylic acids is 2. The molecule has 222 valence electrons. The highest BCUT2D eigenvalue weighted by atomic mass is 28.3. The fourth-order valence-electron chi connectivity index (χ4n) is 4.35. The number of aromatic nitrogens is 6. The predicted molar refractivity (Wildman–Crippen MR) is 158 cm³/mol. The van der Waals surface area contributed by atoms with Crippen molar-refractivity contribution in [2.75, 3.05) is 13.2 Å². The van der Waals surface area contributed by atoms with E-state index in [1.807, 2.05) is 0 Å². The summed E-state index contributed by atoms with van der Waals surface area (Å²) in [5.41, 5.74) is 9.53. The van der Waals surface area contributed by atoms with Crippen molar-refractivity contribution >= 4 is 48.2 Å². The van der Waals surface area contributed by atoms with E-state index in [9.17, 15) is 19.5 Å². The number of rotatable bonds is 11. The summed E-state index contributed by atoms with van der Waals surface area (Å²) in [4.78, 5) is 54.6. The summed E-state index contributed by atoms with van der Waals surface area (Å²) in [5.74, 6) is -1.03. The van der Waals surface area contributed by atoms with Gasteiger partial charge in [0.05, 0.1) is 35.9 Å². The van der Waals surface area contributed by atoms with Gasteiger partial charge in [-0.15, -0.1) is 0 Å². The summed E-state index contributed by atoms with van der Waals surface area (Å²) >= 11 is 0. The lowest BCUT2D eigenvalue weighted by Gasteiger charge is -2.15. The quantitative estimate of drug-likeness (QED) is 0.149. The molecule has 5 N–H and O–H groups in total. The molecule has 0 unspecified atom stereocenters. The second kappa shape index (κ2) is 12.0. The maximum Gasteiger partial charge on any atom is 0.339 e. The molecule has 0 spiro atoms. The van der Waals surface area contributed by atoms with Crippen molar-refractivity contribution in [2.24, 2.45) is 5.73 Å². The van der Waals surface area contributed by atoms with E-state index in [4.69, 9.17) is 10.5 Å². The molecule has 0 radical (unpaired) electrons. The van der Waals surface area contributed by atoms with Gasteiger partial charge >= 0.3 is 5.97 Å². The number of hydrogen-bond donors (Lipinski definition) is 4. The number of nitrogens with zero attached hydrogens (tertiary/aromatic N) is 5. The molecule has 2 amide bonds. The molecular weight excluding hydrogens is 556 g/mol. The summed E-state index contributed by atoms with van der Waals surface area (Å²) in [6, 6.07) is 1.08. The van der Waals surface area contributed by atoms with Gasteiger partial charge in [-0.25, -0.2) is 24.7 Å². The van der Waals surface area contributed by atoms with Gasteiger partial charge in [0.25, 0.3) is 5.91 Å². The van der Waals surface area contributed by atoms with E-state index in [1.165, 1.54) is 6.20 Å². The molecule has 0 bridgehead atoms. The van der Waals surface area contributed by atoms with E-state index in [0.717, 1.165) is 43.1 Å². The Kier molecular flexibility index (Phi) is 8.36. The number of ether oxygens (including phenoxy) is 1. The Bertz CT molecular complexity index is 1630. The molecule has 4 aromatic rings. The lowest BCUT2D eigenvalue weighted by Crippen LogP contribution is -2.33. The van der Waals surface area contributed by atoms with Crippen molar-refractivity contribution in [1.29, 1.82) is 0 Å². The summed E-state index contributed by atoms with van der Waals surface area (Å²) in [5, 5.41) is 11.8. The van der Waals surface area contributed by atoms with Crippen molar-refractivity contribution in [1.82, 2.24) is 34.8 Å². The van der Waals surface area contributed by atoms with Gasteiger partial charge in [-0.3, -0.25) is 9.59 Å². The Balaban J connectivity index is 0.000000171. The topological polar surface area (TPSA) is 191 Å². The number of carboxylic acid groups (broad SMARTS) is 1. The number of aromatic amines is 1. The van der Waals surface area contributed by atoms with Gasteiger partial charge in [0.1, 0.15) is 23.3 Å². The minimum Gasteiger partial charge on any atom is -0.478 e. The Morgan fingerprint density at radius 2 is 1.69 bits per heavy atom. The van der Waals surface area contributed by atoms with Gasteiger partial charge in [0.15, 0.2) is 11.3 Å². The normalized spacial score (nSPS) is 14.9. The number of carbonyl (C=O) groups is 3. The first-order valence-corrected chi connectivity index (χ1v) is 17.8. The number of primary amides is 1. The second-order valence-corrected chi connectivity index (χ2v) is 17.6. The number of nitrogens with two attached hydrogens (primary N) is 1. The summed E-state index contributed by atoms with van der Waals surface area (Å²) in [6.07, 6.45) is 11.1. The van der Waals surface area contributed by atoms with E-state index in [-0.39, 0.29) is 18.0 Å². The molecule has 2 aliphatic carbocycles. The molecule has 4 aromatic heterocycles. The van der Waals surface area contributed by atoms with E-state index < -0.39 is 20.0 Å². The minimum absolute atomic E-state index is 0.193. The van der Waals surface area contributed by atoms with Crippen LogP contribution in [0.4, 0.5) is 0 Å². The van der Waals surface area contributed by atoms with E-state index in [0.29, 0.717) is 53.1 Å². The maximum absolute atomic E-state index is 11.9. The number of fused-ring (bicyclic) bond motifs is 2. The molecule has 13 nitrogen and oxygen atoms in total. The van der Waals surface area contributed by atoms with Crippen LogP contribution in [0.25, 0.3) is 22.3 Å². The molecule has 4 heterocycles. The first-order chi connectivity index (χ1) is 20.0. The Morgan fingerprint density at radius 3 is 2.29 bits per heavy atom. The van der Waals surface area contributed by atoms with Gasteiger partial charge in [0.2, 0.25) is 5.91 Å². The first kappa shape index (κ1) is 29.3. The highest BCUT2D eigenvalue weighted by Crippen LogP contribution is 2.40. The predicted octanol–water partition coefficient (Wildman–Crippen LogP) is 3.37. The number of aromatic carboxylic acids is 1. The molecule has 6 rings (SSSR count). The van der Waals surface area contributed by atoms with Crippen molar-refractivity contribution in [2.45, 2.75) is 69.9 Å². The number of nitrogens with one attached hydrogen (secondary N) is 2. The van der Waals surface area contributed by atoms with Crippen LogP contribution in [0, 0.1) is 0 Å². The summed E-state index contributed by atoms with van der Waals surface area (Å²) < 4.78 is 7.47. The van der Waals surface area contributed by atoms with Crippen molar-refractivity contribution in [3.05, 3.63) is 47.3 Å². The summed E-state index contributed by atoms with van der Waals surface area (Å²) in [7, 11) is -1.13. The third-order valence-electron chi connectivity index (χ3n) is 7.10. The van der Waals surface area contributed by atoms with Crippen molar-refractivity contribution in [3.8, 4) is 0 Å². The van der Waals surface area contributed by atoms with Crippen LogP contribution < -0.4 is 11.1 Å². The second-order valence-electron chi connectivity index (χ2n) is 12.0. The van der Waals surface area contributed by atoms with Crippen LogP contribution in [0.15, 0.2) is 24.8 Å². The zero-order chi connectivity index (χ0) is 30.0. The number of H-pyrrole nitrogens is 1. The molecule has 42 heavy (non-hydrogen) atoms. The fraction of sp³-hybridized carbons (Fsp3) is 0.464. The van der Waals surface area contributed by atoms with Gasteiger partial charge in [-0.2, -0.15) is 0 Å². The first-order valence-electron chi connectivity index (χ1n) is 14.1. The van der Waals surface area contributed by atoms with Crippen LogP contribution in [-0.2, 0) is 16.3 Å². The van der Waals surface area contributed by atoms with Gasteiger partial charge in [-0.05, 0) is 31.7 Å². The zero-order valence-corrected chi connectivity index (χ0v) is 25.0. The molecule has 2 fully saturated rings. The van der Waals surface area contributed by atoms with Crippen LogP contribution in [-0.4, -0.2) is 73.6 Å². The average molecular weight is 593 g/mol. The van der Waals surface area contributed by atoms with Crippen LogP contribution in [0.1, 0.15) is 69.6 Å². The van der Waals surface area contributed by atoms with Gasteiger partial charge in [-0.1, -0.05) is 19.6 Å². The highest BCUT2D eigenvalue weighted by Gasteiger charge is 2.28. The van der Waals surface area contributed by atoms with Crippen LogP contribution in [0.2, 0.25) is 25.7 Å². The third kappa shape index (κ3) is 7.17. The maximum atomic E-state index is 11.9. The largest absolute Gasteiger partial charge is 0.478 e. The molecule has 0 saturated heterocycles. The lowest BCUT2D eigenvalue weighted by molar-refractivity contribution is -0.117. The highest BCUT2D eigenvalue weighted by molar-refractivity contribution is 6.76. The van der Waals surface area contributed by atoms with E-state index in [1.54, 1.807) is 23.2 Å². The fourth-order valence-corrected chi connectivity index (χ4v) is 5.11. The monoisotopic (exact) mass is 592 g/mol. The molecular formula is C28H36N8O5Si. The molecule has 0 aromatic carbocycles. The Labute approximate surface area is 243 Å². The molecule has 2 aliphatic rings. The number of amides is 2. The van der Waals surface area contributed by atoms with Gasteiger partial charge in [0, 0.05) is 38.9 Å². The van der Waals surface area contributed by atoms with E-state index >= 15 is 0 Å². The van der Waals surface area contributed by atoms with Gasteiger partial charge < -0.3 is 30.4 Å². The lowest BCUT2D eigenvalue weighted by atomic mass is 10.2. The average Bonchev–Trinajstić information content (AvgIpc) is 3.88. The molecule has 0 aliphatic heterocycles. The van der Waals surface area contributed by atoms with Crippen molar-refractivity contribution in [3.63, 3.8) is 0 Å². The Morgan fingerprint density at radius 1 is 1.05 bits per heavy atom. The smallest absolute Gasteiger partial charge is 0.339 e. The zero-order valence-electron chi connectivity index (χ0n) is 24.0.